The Hall–Kier alpha value is -3.66. The minimum absolute atomic E-state index is 0.0438. The first-order valence-electron chi connectivity index (χ1n) is 9.26. The van der Waals surface area contributed by atoms with E-state index in [9.17, 15) is 19.7 Å². The predicted octanol–water partition coefficient (Wildman–Crippen LogP) is 1.09. The van der Waals surface area contributed by atoms with Gasteiger partial charge < -0.3 is 25.0 Å². The number of carbonyl (C=O) groups excluding carboxylic acids is 2. The second-order valence-corrected chi connectivity index (χ2v) is 6.43. The Bertz CT molecular complexity index is 918. The number of amides is 2. The van der Waals surface area contributed by atoms with Crippen molar-refractivity contribution in [3.8, 4) is 11.5 Å². The SMILES string of the molecule is CC[NH+](CC(=O)Nc1cccc(OC)c1)CC(=O)Nc1ccc([N+](=O)[O-])cc1OC. The Labute approximate surface area is 173 Å². The molecule has 0 heterocycles. The number of methoxy groups -OCH3 is 2. The quantitative estimate of drug-likeness (QED) is 0.393. The van der Waals surface area contributed by atoms with Gasteiger partial charge in [-0.3, -0.25) is 19.7 Å². The molecule has 2 aromatic carbocycles. The molecule has 0 radical (unpaired) electrons. The van der Waals surface area contributed by atoms with Crippen LogP contribution in [0.25, 0.3) is 0 Å². The highest BCUT2D eigenvalue weighted by molar-refractivity contribution is 5.94. The van der Waals surface area contributed by atoms with Gasteiger partial charge in [0.15, 0.2) is 13.1 Å². The summed E-state index contributed by atoms with van der Waals surface area (Å²) in [5.41, 5.74) is 0.791. The summed E-state index contributed by atoms with van der Waals surface area (Å²) in [7, 11) is 2.91. The summed E-state index contributed by atoms with van der Waals surface area (Å²) >= 11 is 0. The van der Waals surface area contributed by atoms with E-state index in [-0.39, 0.29) is 36.3 Å². The van der Waals surface area contributed by atoms with E-state index in [1.165, 1.54) is 25.3 Å². The van der Waals surface area contributed by atoms with Gasteiger partial charge in [-0.15, -0.1) is 0 Å². The largest absolute Gasteiger partial charge is 0.497 e. The lowest BCUT2D eigenvalue weighted by Gasteiger charge is -2.17. The number of hydrogen-bond donors (Lipinski definition) is 3. The van der Waals surface area contributed by atoms with Crippen molar-refractivity contribution >= 4 is 28.9 Å². The summed E-state index contributed by atoms with van der Waals surface area (Å²) in [6, 6.07) is 10.9. The van der Waals surface area contributed by atoms with Gasteiger partial charge in [-0.1, -0.05) is 6.07 Å². The molecule has 2 amide bonds. The maximum Gasteiger partial charge on any atom is 0.279 e. The maximum atomic E-state index is 12.4. The summed E-state index contributed by atoms with van der Waals surface area (Å²) in [4.78, 5) is 35.8. The van der Waals surface area contributed by atoms with E-state index >= 15 is 0 Å². The van der Waals surface area contributed by atoms with Gasteiger partial charge in [0.2, 0.25) is 0 Å². The average Bonchev–Trinajstić information content (AvgIpc) is 2.73. The van der Waals surface area contributed by atoms with Crippen molar-refractivity contribution in [2.24, 2.45) is 0 Å². The monoisotopic (exact) mass is 417 g/mol. The zero-order valence-corrected chi connectivity index (χ0v) is 17.1. The number of nitrogens with zero attached hydrogens (tertiary/aromatic N) is 1. The van der Waals surface area contributed by atoms with Gasteiger partial charge in [0, 0.05) is 17.8 Å². The zero-order chi connectivity index (χ0) is 22.1. The normalized spacial score (nSPS) is 11.3. The molecule has 0 aliphatic heterocycles. The Kier molecular flexibility index (Phi) is 8.12. The molecule has 2 aromatic rings. The van der Waals surface area contributed by atoms with Crippen molar-refractivity contribution in [2.45, 2.75) is 6.92 Å². The molecule has 0 aromatic heterocycles. The zero-order valence-electron chi connectivity index (χ0n) is 17.1. The first-order chi connectivity index (χ1) is 14.4. The smallest absolute Gasteiger partial charge is 0.279 e. The number of anilines is 2. The second-order valence-electron chi connectivity index (χ2n) is 6.43. The minimum atomic E-state index is -0.544. The van der Waals surface area contributed by atoms with Crippen LogP contribution in [0.4, 0.5) is 17.1 Å². The molecule has 1 unspecified atom stereocenters. The third-order valence-corrected chi connectivity index (χ3v) is 4.34. The van der Waals surface area contributed by atoms with Gasteiger partial charge in [-0.25, -0.2) is 0 Å². The van der Waals surface area contributed by atoms with Crippen molar-refractivity contribution in [3.05, 3.63) is 52.6 Å². The number of likely N-dealkylation sites (N-methyl/N-ethyl adjacent to an activating group) is 1. The number of non-ortho nitro benzene ring substituents is 1. The molecule has 160 valence electrons. The third kappa shape index (κ3) is 6.45. The first kappa shape index (κ1) is 22.6. The number of carbonyl (C=O) groups is 2. The predicted molar refractivity (Wildman–Crippen MR) is 111 cm³/mol. The minimum Gasteiger partial charge on any atom is -0.497 e. The number of nitrogens with one attached hydrogen (secondary N) is 3. The molecule has 0 aliphatic carbocycles. The number of quaternary nitrogens is 1. The molecule has 30 heavy (non-hydrogen) atoms. The molecule has 0 aliphatic rings. The molecule has 0 saturated carbocycles. The fourth-order valence-corrected chi connectivity index (χ4v) is 2.76. The van der Waals surface area contributed by atoms with E-state index in [2.05, 4.69) is 10.6 Å². The Morgan fingerprint density at radius 3 is 2.33 bits per heavy atom. The van der Waals surface area contributed by atoms with E-state index in [0.717, 1.165) is 4.90 Å². The highest BCUT2D eigenvalue weighted by Crippen LogP contribution is 2.28. The number of ether oxygens (including phenoxy) is 2. The van der Waals surface area contributed by atoms with Gasteiger partial charge in [-0.05, 0) is 25.1 Å². The molecule has 3 N–H and O–H groups in total. The molecule has 0 spiro atoms. The Balaban J connectivity index is 1.95. The molecule has 10 nitrogen and oxygen atoms in total. The fraction of sp³-hybridized carbons (Fsp3) is 0.300. The van der Waals surface area contributed by atoms with E-state index in [1.807, 2.05) is 6.92 Å². The number of benzene rings is 2. The van der Waals surface area contributed by atoms with Crippen LogP contribution in [-0.2, 0) is 9.59 Å². The first-order valence-corrected chi connectivity index (χ1v) is 9.26. The fourth-order valence-electron chi connectivity index (χ4n) is 2.76. The van der Waals surface area contributed by atoms with Crippen molar-refractivity contribution in [1.29, 1.82) is 0 Å². The molecule has 0 fully saturated rings. The molecule has 2 rings (SSSR count). The van der Waals surface area contributed by atoms with Gasteiger partial charge >= 0.3 is 0 Å². The molecule has 0 saturated heterocycles. The van der Waals surface area contributed by atoms with Crippen molar-refractivity contribution in [1.82, 2.24) is 0 Å². The highest BCUT2D eigenvalue weighted by atomic mass is 16.6. The molecule has 1 atom stereocenters. The van der Waals surface area contributed by atoms with Gasteiger partial charge in [-0.2, -0.15) is 0 Å². The maximum absolute atomic E-state index is 12.4. The van der Waals surface area contributed by atoms with E-state index < -0.39 is 4.92 Å². The van der Waals surface area contributed by atoms with E-state index in [4.69, 9.17) is 9.47 Å². The summed E-state index contributed by atoms with van der Waals surface area (Å²) < 4.78 is 10.2. The lowest BCUT2D eigenvalue weighted by Crippen LogP contribution is -3.13. The molecular weight excluding hydrogens is 392 g/mol. The summed E-state index contributed by atoms with van der Waals surface area (Å²) in [5.74, 6) is 0.240. The Morgan fingerprint density at radius 2 is 1.73 bits per heavy atom. The van der Waals surface area contributed by atoms with Crippen LogP contribution in [-0.4, -0.2) is 50.6 Å². The summed E-state index contributed by atoms with van der Waals surface area (Å²) in [6.07, 6.45) is 0. The van der Waals surface area contributed by atoms with Crippen LogP contribution in [0.15, 0.2) is 42.5 Å². The standard InChI is InChI=1S/C20H24N4O6/c1-4-23(12-19(25)21-14-6-5-7-16(10-14)29-2)13-20(26)22-17-9-8-15(24(27)28)11-18(17)30-3/h5-11H,4,12-13H2,1-3H3,(H,21,25)(H,22,26)/p+1. The summed E-state index contributed by atoms with van der Waals surface area (Å²) in [6.45, 7) is 2.56. The molecule has 0 bridgehead atoms. The molecular formula is C20H25N4O6+. The topological polar surface area (TPSA) is 124 Å². The van der Waals surface area contributed by atoms with Crippen molar-refractivity contribution in [3.63, 3.8) is 0 Å². The van der Waals surface area contributed by atoms with Crippen LogP contribution in [0.1, 0.15) is 6.92 Å². The van der Waals surface area contributed by atoms with Crippen LogP contribution in [0.2, 0.25) is 0 Å². The van der Waals surface area contributed by atoms with E-state index in [0.29, 0.717) is 23.7 Å². The number of nitro groups is 1. The Morgan fingerprint density at radius 1 is 1.03 bits per heavy atom. The average molecular weight is 417 g/mol. The lowest BCUT2D eigenvalue weighted by molar-refractivity contribution is -0.881. The highest BCUT2D eigenvalue weighted by Gasteiger charge is 2.19. The second kappa shape index (κ2) is 10.8. The van der Waals surface area contributed by atoms with Crippen molar-refractivity contribution < 1.29 is 28.9 Å². The van der Waals surface area contributed by atoms with Gasteiger partial charge in [0.25, 0.3) is 17.5 Å². The third-order valence-electron chi connectivity index (χ3n) is 4.34. The number of rotatable bonds is 10. The van der Waals surface area contributed by atoms with Crippen LogP contribution in [0.5, 0.6) is 11.5 Å². The number of hydrogen-bond acceptors (Lipinski definition) is 6. The molecule has 10 heteroatoms. The summed E-state index contributed by atoms with van der Waals surface area (Å²) in [5, 5.41) is 16.3. The van der Waals surface area contributed by atoms with E-state index in [1.54, 1.807) is 31.4 Å². The van der Waals surface area contributed by atoms with Gasteiger partial charge in [0.05, 0.1) is 37.4 Å². The van der Waals surface area contributed by atoms with Gasteiger partial charge in [0.1, 0.15) is 11.5 Å². The van der Waals surface area contributed by atoms with Crippen LogP contribution >= 0.6 is 0 Å². The van der Waals surface area contributed by atoms with Crippen LogP contribution in [0, 0.1) is 10.1 Å². The lowest BCUT2D eigenvalue weighted by atomic mass is 10.2. The van der Waals surface area contributed by atoms with Crippen LogP contribution in [0.3, 0.4) is 0 Å². The van der Waals surface area contributed by atoms with Crippen molar-refractivity contribution in [2.75, 3.05) is 44.5 Å². The van der Waals surface area contributed by atoms with Crippen LogP contribution < -0.4 is 25.0 Å². The number of nitro benzene ring substituents is 1.